The Kier molecular flexibility index (Phi) is 5.53. The maximum absolute atomic E-state index is 13.4. The minimum Gasteiger partial charge on any atom is -0.478 e. The van der Waals surface area contributed by atoms with E-state index >= 15 is 0 Å². The SMILES string of the molecule is CCCNCc1cc(F)c(OCC(F)(F)F)c(F)c1. The molecule has 0 saturated carbocycles. The van der Waals surface area contributed by atoms with Crippen molar-refractivity contribution in [2.45, 2.75) is 26.1 Å². The van der Waals surface area contributed by atoms with Gasteiger partial charge in [0.2, 0.25) is 0 Å². The van der Waals surface area contributed by atoms with Crippen molar-refractivity contribution in [3.05, 3.63) is 29.3 Å². The summed E-state index contributed by atoms with van der Waals surface area (Å²) in [6.45, 7) is 1.12. The van der Waals surface area contributed by atoms with Crippen molar-refractivity contribution in [2.75, 3.05) is 13.2 Å². The predicted octanol–water partition coefficient (Wildman–Crippen LogP) is 3.41. The van der Waals surface area contributed by atoms with Gasteiger partial charge < -0.3 is 10.1 Å². The highest BCUT2D eigenvalue weighted by molar-refractivity contribution is 5.31. The van der Waals surface area contributed by atoms with E-state index < -0.39 is 30.2 Å². The largest absolute Gasteiger partial charge is 0.478 e. The van der Waals surface area contributed by atoms with Crippen LogP contribution >= 0.6 is 0 Å². The summed E-state index contributed by atoms with van der Waals surface area (Å²) in [5.74, 6) is -3.29. The van der Waals surface area contributed by atoms with Crippen molar-refractivity contribution >= 4 is 0 Å². The minimum absolute atomic E-state index is 0.237. The third kappa shape index (κ3) is 5.42. The summed E-state index contributed by atoms with van der Waals surface area (Å²) in [6.07, 6.45) is -3.78. The molecule has 19 heavy (non-hydrogen) atoms. The molecule has 1 N–H and O–H groups in total. The monoisotopic (exact) mass is 283 g/mol. The highest BCUT2D eigenvalue weighted by Gasteiger charge is 2.29. The van der Waals surface area contributed by atoms with E-state index in [9.17, 15) is 22.0 Å². The van der Waals surface area contributed by atoms with Crippen LogP contribution in [0.2, 0.25) is 0 Å². The molecular weight excluding hydrogens is 269 g/mol. The van der Waals surface area contributed by atoms with Gasteiger partial charge in [-0.1, -0.05) is 6.92 Å². The number of benzene rings is 1. The molecule has 1 aromatic rings. The summed E-state index contributed by atoms with van der Waals surface area (Å²) in [6, 6.07) is 1.91. The number of rotatable bonds is 6. The molecule has 0 fully saturated rings. The van der Waals surface area contributed by atoms with Crippen LogP contribution in [0.5, 0.6) is 5.75 Å². The summed E-state index contributed by atoms with van der Waals surface area (Å²) in [5, 5.41) is 2.93. The van der Waals surface area contributed by atoms with E-state index in [-0.39, 0.29) is 6.54 Å². The summed E-state index contributed by atoms with van der Waals surface area (Å²) >= 11 is 0. The molecular formula is C12H14F5NO. The lowest BCUT2D eigenvalue weighted by Crippen LogP contribution is -2.20. The predicted molar refractivity (Wildman–Crippen MR) is 59.9 cm³/mol. The lowest BCUT2D eigenvalue weighted by atomic mass is 10.2. The Balaban J connectivity index is 2.74. The first-order valence-corrected chi connectivity index (χ1v) is 5.71. The summed E-state index contributed by atoms with van der Waals surface area (Å²) in [4.78, 5) is 0. The second-order valence-corrected chi connectivity index (χ2v) is 3.97. The molecule has 0 atom stereocenters. The third-order valence-corrected chi connectivity index (χ3v) is 2.19. The van der Waals surface area contributed by atoms with Crippen molar-refractivity contribution in [3.63, 3.8) is 0 Å². The van der Waals surface area contributed by atoms with Crippen molar-refractivity contribution < 1.29 is 26.7 Å². The zero-order valence-corrected chi connectivity index (χ0v) is 10.3. The Labute approximate surface area is 107 Å². The van der Waals surface area contributed by atoms with Crippen molar-refractivity contribution in [1.29, 1.82) is 0 Å². The van der Waals surface area contributed by atoms with Crippen LogP contribution in [0.25, 0.3) is 0 Å². The van der Waals surface area contributed by atoms with Gasteiger partial charge in [-0.15, -0.1) is 0 Å². The highest BCUT2D eigenvalue weighted by atomic mass is 19.4. The molecule has 1 rings (SSSR count). The molecule has 0 saturated heterocycles. The second kappa shape index (κ2) is 6.70. The molecule has 0 heterocycles. The topological polar surface area (TPSA) is 21.3 Å². The molecule has 0 aliphatic heterocycles. The van der Waals surface area contributed by atoms with Crippen molar-refractivity contribution in [2.24, 2.45) is 0 Å². The van der Waals surface area contributed by atoms with Gasteiger partial charge >= 0.3 is 6.18 Å². The average molecular weight is 283 g/mol. The van der Waals surface area contributed by atoms with E-state index in [1.54, 1.807) is 0 Å². The average Bonchev–Trinajstić information content (AvgIpc) is 2.26. The molecule has 0 aliphatic carbocycles. The van der Waals surface area contributed by atoms with Gasteiger partial charge in [-0.05, 0) is 30.7 Å². The number of ether oxygens (including phenoxy) is 1. The zero-order valence-electron chi connectivity index (χ0n) is 10.3. The quantitative estimate of drug-likeness (QED) is 0.638. The van der Waals surface area contributed by atoms with E-state index in [1.165, 1.54) is 0 Å². The smallest absolute Gasteiger partial charge is 0.422 e. The van der Waals surface area contributed by atoms with E-state index in [0.717, 1.165) is 18.6 Å². The second-order valence-electron chi connectivity index (χ2n) is 3.97. The fraction of sp³-hybridized carbons (Fsp3) is 0.500. The van der Waals surface area contributed by atoms with Crippen LogP contribution in [0.3, 0.4) is 0 Å². The van der Waals surface area contributed by atoms with Gasteiger partial charge in [-0.3, -0.25) is 0 Å². The number of nitrogens with one attached hydrogen (secondary N) is 1. The fourth-order valence-corrected chi connectivity index (χ4v) is 1.42. The van der Waals surface area contributed by atoms with E-state index in [0.29, 0.717) is 12.1 Å². The van der Waals surface area contributed by atoms with Crippen LogP contribution < -0.4 is 10.1 Å². The molecule has 7 heteroatoms. The zero-order chi connectivity index (χ0) is 14.5. The number of hydrogen-bond donors (Lipinski definition) is 1. The lowest BCUT2D eigenvalue weighted by molar-refractivity contribution is -0.154. The van der Waals surface area contributed by atoms with Crippen LogP contribution in [0, 0.1) is 11.6 Å². The molecule has 0 aliphatic rings. The van der Waals surface area contributed by atoms with Gasteiger partial charge in [-0.2, -0.15) is 13.2 Å². The van der Waals surface area contributed by atoms with Gasteiger partial charge in [-0.25, -0.2) is 8.78 Å². The number of hydrogen-bond acceptors (Lipinski definition) is 2. The standard InChI is InChI=1S/C12H14F5NO/c1-2-3-18-6-8-4-9(13)11(10(14)5-8)19-7-12(15,16)17/h4-5,18H,2-3,6-7H2,1H3. The molecule has 0 aromatic heterocycles. The van der Waals surface area contributed by atoms with Gasteiger partial charge in [0, 0.05) is 6.54 Å². The van der Waals surface area contributed by atoms with Crippen LogP contribution in [0.1, 0.15) is 18.9 Å². The molecule has 0 bridgehead atoms. The molecule has 0 spiro atoms. The minimum atomic E-state index is -4.64. The molecule has 0 unspecified atom stereocenters. The highest BCUT2D eigenvalue weighted by Crippen LogP contribution is 2.25. The van der Waals surface area contributed by atoms with E-state index in [1.807, 2.05) is 6.92 Å². The summed E-state index contributed by atoms with van der Waals surface area (Å²) in [5.41, 5.74) is 0.308. The Morgan fingerprint density at radius 1 is 1.16 bits per heavy atom. The van der Waals surface area contributed by atoms with Crippen LogP contribution in [-0.4, -0.2) is 19.3 Å². The van der Waals surface area contributed by atoms with E-state index in [2.05, 4.69) is 10.1 Å². The summed E-state index contributed by atoms with van der Waals surface area (Å²) in [7, 11) is 0. The maximum Gasteiger partial charge on any atom is 0.422 e. The van der Waals surface area contributed by atoms with Crippen LogP contribution in [0.4, 0.5) is 22.0 Å². The Morgan fingerprint density at radius 2 is 1.74 bits per heavy atom. The first-order chi connectivity index (χ1) is 8.83. The molecule has 108 valence electrons. The number of alkyl halides is 3. The number of halogens is 5. The van der Waals surface area contributed by atoms with Gasteiger partial charge in [0.05, 0.1) is 0 Å². The Morgan fingerprint density at radius 3 is 2.21 bits per heavy atom. The molecule has 0 amide bonds. The molecule has 1 aromatic carbocycles. The first kappa shape index (κ1) is 15.7. The van der Waals surface area contributed by atoms with Crippen LogP contribution in [-0.2, 0) is 6.54 Å². The third-order valence-electron chi connectivity index (χ3n) is 2.19. The lowest BCUT2D eigenvalue weighted by Gasteiger charge is -2.12. The van der Waals surface area contributed by atoms with Crippen molar-refractivity contribution in [3.8, 4) is 5.75 Å². The fourth-order valence-electron chi connectivity index (χ4n) is 1.42. The first-order valence-electron chi connectivity index (χ1n) is 5.71. The molecule has 2 nitrogen and oxygen atoms in total. The van der Waals surface area contributed by atoms with Gasteiger partial charge in [0.1, 0.15) is 0 Å². The normalized spacial score (nSPS) is 11.7. The maximum atomic E-state index is 13.4. The summed E-state index contributed by atoms with van der Waals surface area (Å²) < 4.78 is 66.7. The molecule has 0 radical (unpaired) electrons. The Hall–Kier alpha value is -1.37. The van der Waals surface area contributed by atoms with Crippen molar-refractivity contribution in [1.82, 2.24) is 5.32 Å². The van der Waals surface area contributed by atoms with E-state index in [4.69, 9.17) is 0 Å². The van der Waals surface area contributed by atoms with Gasteiger partial charge in [0.25, 0.3) is 0 Å². The van der Waals surface area contributed by atoms with Gasteiger partial charge in [0.15, 0.2) is 24.0 Å². The Bertz CT molecular complexity index is 396. The van der Waals surface area contributed by atoms with Crippen LogP contribution in [0.15, 0.2) is 12.1 Å².